The number of imidazole rings is 1. The number of fused-ring (bicyclic) bond motifs is 1. The molecule has 1 aliphatic heterocycles. The average molecular weight is 409 g/mol. The van der Waals surface area contributed by atoms with Crippen LogP contribution in [0.4, 0.5) is 11.4 Å². The summed E-state index contributed by atoms with van der Waals surface area (Å²) in [5.41, 5.74) is 5.36. The lowest BCUT2D eigenvalue weighted by Crippen LogP contribution is -2.36. The minimum Gasteiger partial charge on any atom is -0.494 e. The lowest BCUT2D eigenvalue weighted by molar-refractivity contribution is -0.647. The summed E-state index contributed by atoms with van der Waals surface area (Å²) in [5, 5.41) is 6.76. The number of nitrogens with zero attached hydrogens (tertiary/aromatic N) is 5. The highest BCUT2D eigenvalue weighted by molar-refractivity contribution is 5.97. The molecule has 0 saturated carbocycles. The molecule has 0 atom stereocenters. The van der Waals surface area contributed by atoms with Gasteiger partial charge in [-0.15, -0.1) is 0 Å². The molecule has 1 saturated heterocycles. The molecule has 2 aromatic carbocycles. The van der Waals surface area contributed by atoms with Gasteiger partial charge in [0, 0.05) is 31.9 Å². The molecule has 158 valence electrons. The highest BCUT2D eigenvalue weighted by Gasteiger charge is 2.23. The molecule has 0 radical (unpaired) electrons. The van der Waals surface area contributed by atoms with Crippen LogP contribution < -0.4 is 19.2 Å². The monoisotopic (exact) mass is 408 g/mol. The van der Waals surface area contributed by atoms with Gasteiger partial charge < -0.3 is 14.4 Å². The van der Waals surface area contributed by atoms with Gasteiger partial charge in [0.25, 0.3) is 0 Å². The molecule has 0 unspecified atom stereocenters. The molecule has 4 rings (SSSR count). The predicted octanol–water partition coefficient (Wildman–Crippen LogP) is 2.71. The van der Waals surface area contributed by atoms with Crippen molar-refractivity contribution in [2.45, 2.75) is 6.92 Å². The number of hydrogen-bond donors (Lipinski definition) is 0. The zero-order chi connectivity index (χ0) is 21.3. The van der Waals surface area contributed by atoms with Gasteiger partial charge in [-0.3, -0.25) is 5.01 Å². The molecule has 30 heavy (non-hydrogen) atoms. The van der Waals surface area contributed by atoms with E-state index in [0.717, 1.165) is 55.0 Å². The number of para-hydroxylation sites is 2. The van der Waals surface area contributed by atoms with E-state index in [1.807, 2.05) is 19.0 Å². The fourth-order valence-electron chi connectivity index (χ4n) is 4.25. The quantitative estimate of drug-likeness (QED) is 0.370. The Morgan fingerprint density at radius 1 is 1.17 bits per heavy atom. The van der Waals surface area contributed by atoms with Gasteiger partial charge >= 0.3 is 5.82 Å². The van der Waals surface area contributed by atoms with Gasteiger partial charge in [-0.05, 0) is 31.2 Å². The highest BCUT2D eigenvalue weighted by atomic mass is 16.5. The predicted molar refractivity (Wildman–Crippen MR) is 121 cm³/mol. The zero-order valence-corrected chi connectivity index (χ0v) is 18.4. The summed E-state index contributed by atoms with van der Waals surface area (Å²) in [6, 6.07) is 14.7. The SMILES string of the molecule is COc1cc(N2CCOCC2)ccc1N(C)/N=C(\C)c1n(C)c2ccccc2[n+]1C. The number of anilines is 2. The van der Waals surface area contributed by atoms with Crippen molar-refractivity contribution in [3.8, 4) is 5.75 Å². The number of morpholine rings is 1. The minimum absolute atomic E-state index is 0.759. The highest BCUT2D eigenvalue weighted by Crippen LogP contribution is 2.32. The molecule has 7 heteroatoms. The van der Waals surface area contributed by atoms with Gasteiger partial charge in [0.05, 0.1) is 34.4 Å². The van der Waals surface area contributed by atoms with Crippen molar-refractivity contribution in [3.63, 3.8) is 0 Å². The molecule has 3 aromatic rings. The maximum absolute atomic E-state index is 5.70. The van der Waals surface area contributed by atoms with E-state index in [1.165, 1.54) is 11.0 Å². The number of aromatic nitrogens is 2. The van der Waals surface area contributed by atoms with E-state index < -0.39 is 0 Å². The summed E-state index contributed by atoms with van der Waals surface area (Å²) < 4.78 is 15.5. The summed E-state index contributed by atoms with van der Waals surface area (Å²) in [4.78, 5) is 2.32. The number of benzene rings is 2. The van der Waals surface area contributed by atoms with Crippen LogP contribution in [0.5, 0.6) is 5.75 Å². The third-order valence-electron chi connectivity index (χ3n) is 5.75. The van der Waals surface area contributed by atoms with Crippen LogP contribution >= 0.6 is 0 Å². The lowest BCUT2D eigenvalue weighted by atomic mass is 10.2. The summed E-state index contributed by atoms with van der Waals surface area (Å²) in [6.07, 6.45) is 0. The van der Waals surface area contributed by atoms with Gasteiger partial charge in [-0.25, -0.2) is 9.13 Å². The second kappa shape index (κ2) is 8.36. The van der Waals surface area contributed by atoms with Crippen LogP contribution in [-0.4, -0.2) is 50.7 Å². The Hall–Kier alpha value is -3.06. The van der Waals surface area contributed by atoms with E-state index in [4.69, 9.17) is 14.6 Å². The molecule has 0 N–H and O–H groups in total. The first-order valence-electron chi connectivity index (χ1n) is 10.2. The Labute approximate surface area is 177 Å². The maximum Gasteiger partial charge on any atom is 0.305 e. The summed E-state index contributed by atoms with van der Waals surface area (Å²) in [7, 11) is 7.82. The van der Waals surface area contributed by atoms with Crippen LogP contribution in [0.2, 0.25) is 0 Å². The zero-order valence-electron chi connectivity index (χ0n) is 18.4. The van der Waals surface area contributed by atoms with E-state index in [-0.39, 0.29) is 0 Å². The number of ether oxygens (including phenoxy) is 2. The molecule has 1 aromatic heterocycles. The largest absolute Gasteiger partial charge is 0.494 e. The Morgan fingerprint density at radius 3 is 2.60 bits per heavy atom. The molecule has 0 aliphatic carbocycles. The molecule has 1 fully saturated rings. The Balaban J connectivity index is 1.66. The molecule has 0 bridgehead atoms. The van der Waals surface area contributed by atoms with Crippen molar-refractivity contribution in [3.05, 3.63) is 48.3 Å². The van der Waals surface area contributed by atoms with Crippen molar-refractivity contribution in [1.82, 2.24) is 4.57 Å². The number of aryl methyl sites for hydroxylation is 2. The summed E-state index contributed by atoms with van der Waals surface area (Å²) in [6.45, 7) is 5.35. The number of hydrogen-bond acceptors (Lipinski definition) is 5. The molecule has 1 aliphatic rings. The van der Waals surface area contributed by atoms with Crippen LogP contribution in [-0.2, 0) is 18.8 Å². The first kappa shape index (κ1) is 20.2. The van der Waals surface area contributed by atoms with E-state index in [2.05, 4.69) is 70.6 Å². The molecule has 0 amide bonds. The second-order valence-corrected chi connectivity index (χ2v) is 7.59. The van der Waals surface area contributed by atoms with Gasteiger partial charge in [-0.2, -0.15) is 5.10 Å². The van der Waals surface area contributed by atoms with Crippen molar-refractivity contribution >= 4 is 28.1 Å². The van der Waals surface area contributed by atoms with Gasteiger partial charge in [-0.1, -0.05) is 12.1 Å². The second-order valence-electron chi connectivity index (χ2n) is 7.59. The Bertz CT molecular complexity index is 1040. The molecular formula is C23H30N5O2+. The summed E-state index contributed by atoms with van der Waals surface area (Å²) in [5.74, 6) is 1.87. The van der Waals surface area contributed by atoms with Crippen molar-refractivity contribution in [2.24, 2.45) is 19.2 Å². The molecule has 0 spiro atoms. The van der Waals surface area contributed by atoms with Crippen LogP contribution in [0.25, 0.3) is 11.0 Å². The lowest BCUT2D eigenvalue weighted by Gasteiger charge is -2.29. The topological polar surface area (TPSA) is 46.1 Å². The van der Waals surface area contributed by atoms with E-state index in [9.17, 15) is 0 Å². The number of rotatable bonds is 5. The standard InChI is InChI=1S/C23H30N5O2/c1-17(23-25(2)19-8-6-7-9-20(19)26(23)3)24-27(4)21-11-10-18(16-22(21)29-5)28-12-14-30-15-13-28/h6-11,16H,12-15H2,1-5H3/q+1. The number of methoxy groups -OCH3 is 1. The average Bonchev–Trinajstić information content (AvgIpc) is 3.04. The van der Waals surface area contributed by atoms with E-state index in [0.29, 0.717) is 0 Å². The number of hydrazone groups is 1. The Morgan fingerprint density at radius 2 is 1.90 bits per heavy atom. The molecular weight excluding hydrogens is 378 g/mol. The van der Waals surface area contributed by atoms with Gasteiger partial charge in [0.15, 0.2) is 11.0 Å². The fraction of sp³-hybridized carbons (Fsp3) is 0.391. The van der Waals surface area contributed by atoms with Crippen LogP contribution in [0, 0.1) is 0 Å². The minimum atomic E-state index is 0.759. The van der Waals surface area contributed by atoms with Gasteiger partial charge in [0.2, 0.25) is 0 Å². The normalized spacial score (nSPS) is 15.0. The molecule has 7 nitrogen and oxygen atoms in total. The first-order valence-corrected chi connectivity index (χ1v) is 10.2. The van der Waals surface area contributed by atoms with Crippen LogP contribution in [0.3, 0.4) is 0 Å². The van der Waals surface area contributed by atoms with Crippen molar-refractivity contribution < 1.29 is 14.0 Å². The van der Waals surface area contributed by atoms with E-state index >= 15 is 0 Å². The first-order chi connectivity index (χ1) is 14.5. The fourth-order valence-corrected chi connectivity index (χ4v) is 4.25. The smallest absolute Gasteiger partial charge is 0.305 e. The third-order valence-corrected chi connectivity index (χ3v) is 5.75. The van der Waals surface area contributed by atoms with Crippen molar-refractivity contribution in [2.75, 3.05) is 50.4 Å². The molecule has 2 heterocycles. The Kier molecular flexibility index (Phi) is 5.63. The summed E-state index contributed by atoms with van der Waals surface area (Å²) >= 11 is 0. The third kappa shape index (κ3) is 3.61. The van der Waals surface area contributed by atoms with Gasteiger partial charge in [0.1, 0.15) is 17.1 Å². The van der Waals surface area contributed by atoms with E-state index in [1.54, 1.807) is 7.11 Å². The van der Waals surface area contributed by atoms with Crippen molar-refractivity contribution in [1.29, 1.82) is 0 Å². The van der Waals surface area contributed by atoms with Crippen LogP contribution in [0.1, 0.15) is 12.7 Å². The van der Waals surface area contributed by atoms with Crippen LogP contribution in [0.15, 0.2) is 47.6 Å². The maximum atomic E-state index is 5.70.